The summed E-state index contributed by atoms with van der Waals surface area (Å²) in [4.78, 5) is 28.5. The third-order valence-electron chi connectivity index (χ3n) is 6.23. The summed E-state index contributed by atoms with van der Waals surface area (Å²) in [5.74, 6) is 1.01. The minimum absolute atomic E-state index is 0.0894. The highest BCUT2D eigenvalue weighted by Gasteiger charge is 2.54. The first-order valence-electron chi connectivity index (χ1n) is 10.4. The first-order valence-corrected chi connectivity index (χ1v) is 10.4. The number of rotatable bonds is 7. The van der Waals surface area contributed by atoms with E-state index in [1.54, 1.807) is 19.5 Å². The van der Waals surface area contributed by atoms with Crippen molar-refractivity contribution in [3.63, 3.8) is 0 Å². The SMILES string of the molecule is COc1ccc(CNC(=O)NC2CC3(C2)CC(C(=O)NCc2cccnc2)C3)cc1. The number of hydrogen-bond acceptors (Lipinski definition) is 4. The van der Waals surface area contributed by atoms with Gasteiger partial charge in [-0.15, -0.1) is 0 Å². The summed E-state index contributed by atoms with van der Waals surface area (Å²) in [7, 11) is 1.63. The molecule has 3 N–H and O–H groups in total. The first-order chi connectivity index (χ1) is 14.5. The fourth-order valence-electron chi connectivity index (χ4n) is 4.59. The van der Waals surface area contributed by atoms with E-state index in [1.165, 1.54) is 0 Å². The average molecular weight is 409 g/mol. The number of hydrogen-bond donors (Lipinski definition) is 3. The zero-order valence-electron chi connectivity index (χ0n) is 17.2. The van der Waals surface area contributed by atoms with Crippen molar-refractivity contribution in [1.82, 2.24) is 20.9 Å². The Morgan fingerprint density at radius 1 is 1.03 bits per heavy atom. The van der Waals surface area contributed by atoms with Crippen LogP contribution < -0.4 is 20.7 Å². The molecule has 158 valence electrons. The zero-order valence-corrected chi connectivity index (χ0v) is 17.2. The lowest BCUT2D eigenvalue weighted by Crippen LogP contribution is -2.59. The second-order valence-corrected chi connectivity index (χ2v) is 8.46. The Balaban J connectivity index is 1.12. The number of benzene rings is 1. The number of carbonyl (C=O) groups excluding carboxylic acids is 2. The largest absolute Gasteiger partial charge is 0.497 e. The molecule has 2 aliphatic rings. The van der Waals surface area contributed by atoms with E-state index in [-0.39, 0.29) is 29.3 Å². The van der Waals surface area contributed by atoms with E-state index in [2.05, 4.69) is 20.9 Å². The van der Waals surface area contributed by atoms with Crippen LogP contribution in [0.3, 0.4) is 0 Å². The molecule has 7 nitrogen and oxygen atoms in total. The molecule has 1 heterocycles. The maximum atomic E-state index is 12.3. The molecule has 2 aliphatic carbocycles. The molecule has 0 unspecified atom stereocenters. The molecule has 2 aromatic rings. The first kappa shape index (κ1) is 20.2. The van der Waals surface area contributed by atoms with Crippen molar-refractivity contribution in [2.75, 3.05) is 7.11 Å². The molecule has 0 radical (unpaired) electrons. The standard InChI is InChI=1S/C23H28N4O3/c1-30-20-6-4-16(5-7-20)14-26-22(29)27-19-11-23(12-19)9-18(10-23)21(28)25-15-17-3-2-8-24-13-17/h2-8,13,18-19H,9-12,14-15H2,1H3,(H,25,28)(H2,26,27,29). The van der Waals surface area contributed by atoms with E-state index < -0.39 is 0 Å². The summed E-state index contributed by atoms with van der Waals surface area (Å²) >= 11 is 0. The van der Waals surface area contributed by atoms with Crippen LogP contribution in [0.1, 0.15) is 36.8 Å². The normalized spacial score (nSPS) is 24.3. The Morgan fingerprint density at radius 2 is 1.77 bits per heavy atom. The number of aromatic nitrogens is 1. The van der Waals surface area contributed by atoms with Crippen LogP contribution in [-0.2, 0) is 17.9 Å². The fourth-order valence-corrected chi connectivity index (χ4v) is 4.59. The fraction of sp³-hybridized carbons (Fsp3) is 0.435. The van der Waals surface area contributed by atoms with Gasteiger partial charge in [0, 0.05) is 37.4 Å². The third kappa shape index (κ3) is 4.72. The lowest BCUT2D eigenvalue weighted by molar-refractivity contribution is -0.138. The monoisotopic (exact) mass is 408 g/mol. The molecule has 1 aromatic carbocycles. The predicted octanol–water partition coefficient (Wildman–Crippen LogP) is 2.76. The van der Waals surface area contributed by atoms with Gasteiger partial charge in [-0.1, -0.05) is 18.2 Å². The summed E-state index contributed by atoms with van der Waals surface area (Å²) in [5, 5.41) is 8.94. The smallest absolute Gasteiger partial charge is 0.315 e. The molecular formula is C23H28N4O3. The lowest BCUT2D eigenvalue weighted by Gasteiger charge is -2.57. The molecule has 0 aliphatic heterocycles. The van der Waals surface area contributed by atoms with Crippen molar-refractivity contribution in [1.29, 1.82) is 0 Å². The summed E-state index contributed by atoms with van der Waals surface area (Å²) in [6.07, 6.45) is 7.23. The quantitative estimate of drug-likeness (QED) is 0.657. The van der Waals surface area contributed by atoms with Crippen LogP contribution in [0.25, 0.3) is 0 Å². The number of methoxy groups -OCH3 is 1. The molecule has 1 spiro atoms. The number of nitrogens with zero attached hydrogens (tertiary/aromatic N) is 1. The Bertz CT molecular complexity index is 871. The van der Waals surface area contributed by atoms with E-state index in [1.807, 2.05) is 36.4 Å². The van der Waals surface area contributed by atoms with Gasteiger partial charge in [-0.25, -0.2) is 4.79 Å². The number of carbonyl (C=O) groups is 2. The van der Waals surface area contributed by atoms with Gasteiger partial charge in [0.2, 0.25) is 5.91 Å². The molecule has 4 rings (SSSR count). The molecule has 0 saturated heterocycles. The van der Waals surface area contributed by atoms with Gasteiger partial charge in [0.1, 0.15) is 5.75 Å². The van der Waals surface area contributed by atoms with E-state index in [4.69, 9.17) is 4.74 Å². The van der Waals surface area contributed by atoms with E-state index >= 15 is 0 Å². The number of amides is 3. The summed E-state index contributed by atoms with van der Waals surface area (Å²) in [5.41, 5.74) is 2.27. The van der Waals surface area contributed by atoms with Gasteiger partial charge in [-0.3, -0.25) is 9.78 Å². The van der Waals surface area contributed by atoms with Crippen molar-refractivity contribution in [2.24, 2.45) is 11.3 Å². The van der Waals surface area contributed by atoms with Gasteiger partial charge in [0.15, 0.2) is 0 Å². The molecule has 2 saturated carbocycles. The summed E-state index contributed by atoms with van der Waals surface area (Å²) in [6, 6.07) is 11.5. The van der Waals surface area contributed by atoms with E-state index in [9.17, 15) is 9.59 Å². The Labute approximate surface area is 176 Å². The molecule has 0 bridgehead atoms. The van der Waals surface area contributed by atoms with Crippen molar-refractivity contribution >= 4 is 11.9 Å². The van der Waals surface area contributed by atoms with Crippen molar-refractivity contribution in [2.45, 2.75) is 44.8 Å². The van der Waals surface area contributed by atoms with Crippen molar-refractivity contribution in [3.05, 3.63) is 59.9 Å². The second kappa shape index (κ2) is 8.73. The maximum absolute atomic E-state index is 12.3. The highest BCUT2D eigenvalue weighted by molar-refractivity contribution is 5.80. The minimum atomic E-state index is -0.143. The third-order valence-corrected chi connectivity index (χ3v) is 6.23. The number of urea groups is 1. The van der Waals surface area contributed by atoms with Crippen molar-refractivity contribution < 1.29 is 14.3 Å². The highest BCUT2D eigenvalue weighted by atomic mass is 16.5. The number of pyridine rings is 1. The highest BCUT2D eigenvalue weighted by Crippen LogP contribution is 2.58. The number of ether oxygens (including phenoxy) is 1. The Hall–Kier alpha value is -3.09. The zero-order chi connectivity index (χ0) is 21.0. The van der Waals surface area contributed by atoms with Gasteiger partial charge < -0.3 is 20.7 Å². The molecule has 3 amide bonds. The summed E-state index contributed by atoms with van der Waals surface area (Å²) < 4.78 is 5.13. The van der Waals surface area contributed by atoms with Crippen molar-refractivity contribution in [3.8, 4) is 5.75 Å². The summed E-state index contributed by atoms with van der Waals surface area (Å²) in [6.45, 7) is 1.00. The van der Waals surface area contributed by atoms with Crippen LogP contribution in [0.5, 0.6) is 5.75 Å². The molecule has 0 atom stereocenters. The Morgan fingerprint density at radius 3 is 2.43 bits per heavy atom. The van der Waals surface area contributed by atoms with Crippen LogP contribution in [0, 0.1) is 11.3 Å². The van der Waals surface area contributed by atoms with Gasteiger partial charge >= 0.3 is 6.03 Å². The van der Waals surface area contributed by atoms with Crippen LogP contribution in [-0.4, -0.2) is 30.1 Å². The van der Waals surface area contributed by atoms with Gasteiger partial charge in [0.25, 0.3) is 0 Å². The van der Waals surface area contributed by atoms with Crippen LogP contribution in [0.15, 0.2) is 48.8 Å². The average Bonchev–Trinajstić information content (AvgIpc) is 2.72. The van der Waals surface area contributed by atoms with Crippen LogP contribution in [0.2, 0.25) is 0 Å². The second-order valence-electron chi connectivity index (χ2n) is 8.46. The van der Waals surface area contributed by atoms with Gasteiger partial charge in [-0.2, -0.15) is 0 Å². The molecule has 30 heavy (non-hydrogen) atoms. The van der Waals surface area contributed by atoms with Gasteiger partial charge in [0.05, 0.1) is 7.11 Å². The van der Waals surface area contributed by atoms with E-state index in [0.717, 1.165) is 42.6 Å². The maximum Gasteiger partial charge on any atom is 0.315 e. The molecule has 1 aromatic heterocycles. The molecule has 2 fully saturated rings. The predicted molar refractivity (Wildman–Crippen MR) is 113 cm³/mol. The Kier molecular flexibility index (Phi) is 5.88. The van der Waals surface area contributed by atoms with Crippen LogP contribution in [0.4, 0.5) is 4.79 Å². The van der Waals surface area contributed by atoms with E-state index in [0.29, 0.717) is 13.1 Å². The topological polar surface area (TPSA) is 92.4 Å². The molecule has 7 heteroatoms. The molecular weight excluding hydrogens is 380 g/mol. The number of nitrogens with one attached hydrogen (secondary N) is 3. The minimum Gasteiger partial charge on any atom is -0.497 e. The lowest BCUT2D eigenvalue weighted by atomic mass is 9.50. The van der Waals surface area contributed by atoms with Gasteiger partial charge in [-0.05, 0) is 60.4 Å². The van der Waals surface area contributed by atoms with Crippen LogP contribution >= 0.6 is 0 Å².